The van der Waals surface area contributed by atoms with Crippen LogP contribution >= 0.6 is 0 Å². The van der Waals surface area contributed by atoms with Crippen LogP contribution in [0.4, 0.5) is 43.9 Å². The fourth-order valence-corrected chi connectivity index (χ4v) is 2.55. The number of hydrogen-bond donors (Lipinski definition) is 1. The van der Waals surface area contributed by atoms with Crippen LogP contribution in [0.15, 0.2) is 12.1 Å². The van der Waals surface area contributed by atoms with E-state index in [9.17, 15) is 48.9 Å². The lowest BCUT2D eigenvalue weighted by Gasteiger charge is -2.16. The third-order valence-corrected chi connectivity index (χ3v) is 3.82. The molecular weight excluding hydrogens is 425 g/mol. The molecule has 0 heterocycles. The molecule has 2 nitrogen and oxygen atoms in total. The quantitative estimate of drug-likeness (QED) is 0.296. The summed E-state index contributed by atoms with van der Waals surface area (Å²) < 4.78 is 141. The number of halogens is 10. The third kappa shape index (κ3) is 3.14. The topological polar surface area (TPSA) is 29.5 Å². The molecule has 3 rings (SSSR count). The molecule has 0 bridgehead atoms. The van der Waals surface area contributed by atoms with Crippen LogP contribution in [0.2, 0.25) is 0 Å². The Bertz CT molecular complexity index is 1160. The Hall–Kier alpha value is -2.96. The zero-order valence-corrected chi connectivity index (χ0v) is 13.4. The van der Waals surface area contributed by atoms with E-state index in [0.717, 1.165) is 0 Å². The first-order valence-electron chi connectivity index (χ1n) is 7.28. The van der Waals surface area contributed by atoms with Gasteiger partial charge in [0.25, 0.3) is 0 Å². The van der Waals surface area contributed by atoms with Crippen LogP contribution in [0.25, 0.3) is 10.8 Å². The first kappa shape index (κ1) is 20.8. The van der Waals surface area contributed by atoms with Gasteiger partial charge in [-0.15, -0.1) is 0 Å². The largest absolute Gasteiger partial charge is 0.564 e. The molecule has 0 amide bonds. The highest BCUT2D eigenvalue weighted by Crippen LogP contribution is 2.31. The molecule has 0 spiro atoms. The first-order valence-corrected chi connectivity index (χ1v) is 7.28. The van der Waals surface area contributed by atoms with Gasteiger partial charge in [0.1, 0.15) is 11.6 Å². The summed E-state index contributed by atoms with van der Waals surface area (Å²) in [6.07, 6.45) is 0. The molecule has 0 saturated carbocycles. The summed E-state index contributed by atoms with van der Waals surface area (Å²) >= 11 is 0. The van der Waals surface area contributed by atoms with E-state index in [-0.39, 0.29) is 12.1 Å². The van der Waals surface area contributed by atoms with E-state index in [1.807, 2.05) is 0 Å². The molecule has 0 fully saturated rings. The van der Waals surface area contributed by atoms with Gasteiger partial charge in [0, 0.05) is 23.0 Å². The van der Waals surface area contributed by atoms with Gasteiger partial charge >= 0.3 is 7.12 Å². The summed E-state index contributed by atoms with van der Waals surface area (Å²) in [7, 11) is -3.07. The summed E-state index contributed by atoms with van der Waals surface area (Å²) in [6.45, 7) is 0. The maximum atomic E-state index is 14.1. The molecule has 0 aliphatic carbocycles. The van der Waals surface area contributed by atoms with Crippen molar-refractivity contribution < 1.29 is 53.6 Å². The van der Waals surface area contributed by atoms with E-state index in [1.54, 1.807) is 0 Å². The van der Waals surface area contributed by atoms with Gasteiger partial charge in [-0.2, -0.15) is 4.39 Å². The van der Waals surface area contributed by atoms with Crippen LogP contribution in [-0.2, 0) is 0 Å². The number of benzene rings is 3. The van der Waals surface area contributed by atoms with Crippen molar-refractivity contribution in [2.24, 2.45) is 0 Å². The van der Waals surface area contributed by atoms with Gasteiger partial charge in [-0.05, 0) is 0 Å². The molecule has 0 aromatic heterocycles. The van der Waals surface area contributed by atoms with Gasteiger partial charge < -0.3 is 9.68 Å². The summed E-state index contributed by atoms with van der Waals surface area (Å²) in [5.74, 6) is -24.2. The van der Waals surface area contributed by atoms with Crippen LogP contribution in [0.3, 0.4) is 0 Å². The van der Waals surface area contributed by atoms with Gasteiger partial charge in [0.15, 0.2) is 52.4 Å². The van der Waals surface area contributed by atoms with Crippen molar-refractivity contribution in [1.82, 2.24) is 0 Å². The van der Waals surface area contributed by atoms with Crippen molar-refractivity contribution in [1.29, 1.82) is 0 Å². The highest BCUT2D eigenvalue weighted by Gasteiger charge is 2.37. The zero-order chi connectivity index (χ0) is 21.8. The molecular formula is C16H3BF10O2. The predicted octanol–water partition coefficient (Wildman–Crippen LogP) is 4.00. The Balaban J connectivity index is 2.32. The minimum atomic E-state index is -3.07. The van der Waals surface area contributed by atoms with E-state index in [1.165, 1.54) is 0 Å². The maximum Gasteiger partial charge on any atom is 0.564 e. The molecule has 3 aromatic rings. The number of rotatable bonds is 3. The fraction of sp³-hybridized carbons (Fsp3) is 0. The lowest BCUT2D eigenvalue weighted by Crippen LogP contribution is -2.41. The summed E-state index contributed by atoms with van der Waals surface area (Å²) in [5, 5.41) is 6.14. The van der Waals surface area contributed by atoms with E-state index >= 15 is 0 Å². The van der Waals surface area contributed by atoms with Crippen LogP contribution in [0, 0.1) is 58.2 Å². The molecule has 0 aliphatic rings. The van der Waals surface area contributed by atoms with Crippen molar-refractivity contribution in [2.45, 2.75) is 0 Å². The lowest BCUT2D eigenvalue weighted by atomic mass is 9.75. The minimum absolute atomic E-state index is 0.0509. The van der Waals surface area contributed by atoms with E-state index < -0.39 is 87.3 Å². The molecule has 29 heavy (non-hydrogen) atoms. The van der Waals surface area contributed by atoms with Crippen molar-refractivity contribution in [3.8, 4) is 5.75 Å². The standard InChI is InChI=1S/C16H3BF10O2/c18-3-1-4(19)9(20)5(2-3)29-17(28)8-6-7(11(22)14(25)13(8)24)12(23)16(27)15(26)10(6)21/h1-2,28H. The predicted molar refractivity (Wildman–Crippen MR) is 78.2 cm³/mol. The van der Waals surface area contributed by atoms with Gasteiger partial charge in [0.2, 0.25) is 0 Å². The van der Waals surface area contributed by atoms with Gasteiger partial charge in [0.05, 0.1) is 5.39 Å². The second-order valence-electron chi connectivity index (χ2n) is 5.53. The highest BCUT2D eigenvalue weighted by molar-refractivity contribution is 6.64. The van der Waals surface area contributed by atoms with Crippen molar-refractivity contribution in [2.75, 3.05) is 0 Å². The zero-order valence-electron chi connectivity index (χ0n) is 13.4. The maximum absolute atomic E-state index is 14.1. The molecule has 0 aliphatic heterocycles. The molecule has 0 atom stereocenters. The summed E-state index contributed by atoms with van der Waals surface area (Å²) in [4.78, 5) is 0. The lowest BCUT2D eigenvalue weighted by molar-refractivity contribution is 0.389. The normalized spacial score (nSPS) is 11.3. The first-order chi connectivity index (χ1) is 13.5. The summed E-state index contributed by atoms with van der Waals surface area (Å²) in [6, 6.07) is 0.189. The van der Waals surface area contributed by atoms with E-state index in [4.69, 9.17) is 0 Å². The summed E-state index contributed by atoms with van der Waals surface area (Å²) in [5.41, 5.74) is -1.82. The minimum Gasteiger partial charge on any atom is -0.530 e. The van der Waals surface area contributed by atoms with Gasteiger partial charge in [-0.25, -0.2) is 39.5 Å². The van der Waals surface area contributed by atoms with Crippen molar-refractivity contribution in [3.63, 3.8) is 0 Å². The monoisotopic (exact) mass is 428 g/mol. The molecule has 152 valence electrons. The van der Waals surface area contributed by atoms with Crippen molar-refractivity contribution in [3.05, 3.63) is 70.3 Å². The molecule has 3 aromatic carbocycles. The third-order valence-electron chi connectivity index (χ3n) is 3.82. The SMILES string of the molecule is OB(Oc1cc(F)cc(F)c1F)c1c(F)c(F)c(F)c2c(F)c(F)c(F)c(F)c12. The highest BCUT2D eigenvalue weighted by atomic mass is 19.2. The molecule has 13 heteroatoms. The average Bonchev–Trinajstić information content (AvgIpc) is 2.66. The molecule has 0 unspecified atom stereocenters. The van der Waals surface area contributed by atoms with Crippen LogP contribution in [-0.4, -0.2) is 12.1 Å². The second-order valence-corrected chi connectivity index (χ2v) is 5.53. The Labute approximate surface area is 154 Å². The number of hydrogen-bond acceptors (Lipinski definition) is 2. The molecule has 0 saturated heterocycles. The Morgan fingerprint density at radius 2 is 1.07 bits per heavy atom. The van der Waals surface area contributed by atoms with E-state index in [0.29, 0.717) is 0 Å². The van der Waals surface area contributed by atoms with Gasteiger partial charge in [-0.1, -0.05) is 0 Å². The fourth-order valence-electron chi connectivity index (χ4n) is 2.55. The van der Waals surface area contributed by atoms with Crippen LogP contribution in [0.5, 0.6) is 5.75 Å². The Kier molecular flexibility index (Phi) is 5.11. The second kappa shape index (κ2) is 7.14. The Morgan fingerprint density at radius 1 is 0.586 bits per heavy atom. The average molecular weight is 428 g/mol. The molecule has 1 N–H and O–H groups in total. The smallest absolute Gasteiger partial charge is 0.530 e. The Morgan fingerprint density at radius 3 is 1.62 bits per heavy atom. The van der Waals surface area contributed by atoms with Crippen molar-refractivity contribution >= 4 is 23.4 Å². The van der Waals surface area contributed by atoms with Gasteiger partial charge in [-0.3, -0.25) is 0 Å². The number of fused-ring (bicyclic) bond motifs is 1. The van der Waals surface area contributed by atoms with Crippen LogP contribution < -0.4 is 10.1 Å². The van der Waals surface area contributed by atoms with Crippen LogP contribution in [0.1, 0.15) is 0 Å². The van der Waals surface area contributed by atoms with E-state index in [2.05, 4.69) is 4.65 Å². The molecule has 0 radical (unpaired) electrons.